The molecule has 0 unspecified atom stereocenters. The van der Waals surface area contributed by atoms with Crippen molar-refractivity contribution in [2.24, 2.45) is 0 Å². The van der Waals surface area contributed by atoms with Gasteiger partial charge >= 0.3 is 0 Å². The number of aromatic hydroxyl groups is 2. The minimum atomic E-state index is -0.640. The van der Waals surface area contributed by atoms with E-state index in [0.717, 1.165) is 0 Å². The van der Waals surface area contributed by atoms with E-state index in [0.29, 0.717) is 37.6 Å². The predicted octanol–water partition coefficient (Wildman–Crippen LogP) is 1.74. The van der Waals surface area contributed by atoms with Crippen molar-refractivity contribution in [2.45, 2.75) is 19.3 Å². The van der Waals surface area contributed by atoms with E-state index in [1.807, 2.05) is 0 Å². The first-order chi connectivity index (χ1) is 12.5. The van der Waals surface area contributed by atoms with Gasteiger partial charge in [-0.25, -0.2) is 0 Å². The second kappa shape index (κ2) is 7.61. The number of carbonyl (C=O) groups is 1. The highest BCUT2D eigenvalue weighted by molar-refractivity contribution is 5.78. The van der Waals surface area contributed by atoms with Crippen LogP contribution in [0.2, 0.25) is 0 Å². The van der Waals surface area contributed by atoms with E-state index in [2.05, 4.69) is 0 Å². The Kier molecular flexibility index (Phi) is 5.27. The zero-order valence-corrected chi connectivity index (χ0v) is 14.5. The Morgan fingerprint density at radius 3 is 2.50 bits per heavy atom. The fraction of sp³-hybridized carbons (Fsp3) is 0.368. The van der Waals surface area contributed by atoms with Gasteiger partial charge in [-0.15, -0.1) is 0 Å². The molecule has 138 valence electrons. The zero-order chi connectivity index (χ0) is 18.7. The number of ether oxygens (including phenoxy) is 1. The molecule has 0 saturated carbocycles. The van der Waals surface area contributed by atoms with Crippen LogP contribution in [0.3, 0.4) is 0 Å². The Balaban J connectivity index is 1.98. The highest BCUT2D eigenvalue weighted by atomic mass is 16.5. The van der Waals surface area contributed by atoms with Crippen LogP contribution < -0.4 is 5.43 Å². The van der Waals surface area contributed by atoms with Crippen LogP contribution in [-0.2, 0) is 9.53 Å². The molecular formula is C19H21NO6. The molecule has 7 heteroatoms. The van der Waals surface area contributed by atoms with Crippen LogP contribution in [0.1, 0.15) is 29.4 Å². The predicted molar refractivity (Wildman–Crippen MR) is 93.3 cm³/mol. The van der Waals surface area contributed by atoms with E-state index >= 15 is 0 Å². The van der Waals surface area contributed by atoms with Gasteiger partial charge in [0.1, 0.15) is 11.5 Å². The molecule has 3 rings (SSSR count). The van der Waals surface area contributed by atoms with Gasteiger partial charge in [-0.1, -0.05) is 12.1 Å². The number of benzene rings is 1. The first-order valence-electron chi connectivity index (χ1n) is 8.43. The molecule has 1 aliphatic heterocycles. The average Bonchev–Trinajstić information content (AvgIpc) is 2.64. The Morgan fingerprint density at radius 1 is 1.19 bits per heavy atom. The van der Waals surface area contributed by atoms with Crippen molar-refractivity contribution in [2.75, 3.05) is 26.3 Å². The molecule has 26 heavy (non-hydrogen) atoms. The number of rotatable bonds is 4. The maximum atomic E-state index is 12.7. The Hall–Kier alpha value is -2.80. The van der Waals surface area contributed by atoms with Crippen LogP contribution in [0.4, 0.5) is 0 Å². The highest BCUT2D eigenvalue weighted by Gasteiger charge is 2.28. The van der Waals surface area contributed by atoms with Crippen molar-refractivity contribution in [3.05, 3.63) is 57.6 Å². The summed E-state index contributed by atoms with van der Waals surface area (Å²) in [5, 5.41) is 19.8. The number of carbonyl (C=O) groups excluding carboxylic acids is 1. The molecule has 1 saturated heterocycles. The van der Waals surface area contributed by atoms with E-state index in [1.165, 1.54) is 18.2 Å². The van der Waals surface area contributed by atoms with Crippen molar-refractivity contribution in [3.8, 4) is 11.5 Å². The molecule has 1 amide bonds. The SMILES string of the molecule is Cc1cc(=O)c(O)c([C@@H](CC(=O)N2CCOCC2)c2ccc(O)cc2)o1. The third kappa shape index (κ3) is 3.88. The van der Waals surface area contributed by atoms with Crippen LogP contribution in [-0.4, -0.2) is 47.3 Å². The molecule has 0 spiro atoms. The fourth-order valence-electron chi connectivity index (χ4n) is 3.05. The van der Waals surface area contributed by atoms with Crippen molar-refractivity contribution >= 4 is 5.91 Å². The first kappa shape index (κ1) is 18.0. The first-order valence-corrected chi connectivity index (χ1v) is 8.43. The number of aryl methyl sites for hydroxylation is 1. The Bertz CT molecular complexity index is 836. The molecule has 1 aliphatic rings. The standard InChI is InChI=1S/C19H21NO6/c1-12-10-16(22)18(24)19(26-12)15(13-2-4-14(21)5-3-13)11-17(23)20-6-8-25-9-7-20/h2-5,10,15,21,24H,6-9,11H2,1H3/t15-/m0/s1. The molecule has 0 bridgehead atoms. The lowest BCUT2D eigenvalue weighted by Gasteiger charge is -2.28. The van der Waals surface area contributed by atoms with E-state index in [-0.39, 0.29) is 23.8 Å². The topological polar surface area (TPSA) is 100 Å². The molecule has 1 fully saturated rings. The van der Waals surface area contributed by atoms with Gasteiger partial charge in [0.15, 0.2) is 5.76 Å². The average molecular weight is 359 g/mol. The summed E-state index contributed by atoms with van der Waals surface area (Å²) < 4.78 is 10.9. The van der Waals surface area contributed by atoms with Crippen LogP contribution >= 0.6 is 0 Å². The lowest BCUT2D eigenvalue weighted by Crippen LogP contribution is -2.41. The minimum Gasteiger partial charge on any atom is -0.508 e. The van der Waals surface area contributed by atoms with Crippen molar-refractivity contribution < 1.29 is 24.2 Å². The summed E-state index contributed by atoms with van der Waals surface area (Å²) in [5.74, 6) is -0.758. The summed E-state index contributed by atoms with van der Waals surface area (Å²) >= 11 is 0. The lowest BCUT2D eigenvalue weighted by atomic mass is 9.91. The minimum absolute atomic E-state index is 0.0325. The molecule has 1 aromatic carbocycles. The number of amides is 1. The van der Waals surface area contributed by atoms with Gasteiger partial charge < -0.3 is 24.3 Å². The van der Waals surface area contributed by atoms with Gasteiger partial charge in [0.25, 0.3) is 0 Å². The molecule has 2 aromatic rings. The number of phenols is 1. The third-order valence-electron chi connectivity index (χ3n) is 4.43. The summed E-state index contributed by atoms with van der Waals surface area (Å²) in [7, 11) is 0. The molecular weight excluding hydrogens is 338 g/mol. The largest absolute Gasteiger partial charge is 0.508 e. The number of nitrogens with zero attached hydrogens (tertiary/aromatic N) is 1. The molecule has 0 radical (unpaired) electrons. The van der Waals surface area contributed by atoms with Crippen LogP contribution in [0.5, 0.6) is 11.5 Å². The van der Waals surface area contributed by atoms with E-state index in [4.69, 9.17) is 9.15 Å². The van der Waals surface area contributed by atoms with Gasteiger partial charge in [-0.05, 0) is 24.6 Å². The monoisotopic (exact) mass is 359 g/mol. The van der Waals surface area contributed by atoms with E-state index in [9.17, 15) is 19.8 Å². The number of hydrogen-bond acceptors (Lipinski definition) is 6. The number of hydrogen-bond donors (Lipinski definition) is 2. The molecule has 1 aromatic heterocycles. The highest BCUT2D eigenvalue weighted by Crippen LogP contribution is 2.34. The van der Waals surface area contributed by atoms with Crippen LogP contribution in [0.25, 0.3) is 0 Å². The van der Waals surface area contributed by atoms with Crippen molar-refractivity contribution in [1.29, 1.82) is 0 Å². The van der Waals surface area contributed by atoms with Gasteiger partial charge in [0, 0.05) is 25.6 Å². The Labute approximate surface area is 150 Å². The normalized spacial score (nSPS) is 15.7. The van der Waals surface area contributed by atoms with Crippen molar-refractivity contribution in [3.63, 3.8) is 0 Å². The molecule has 2 heterocycles. The number of phenolic OH excluding ortho intramolecular Hbond substituents is 1. The number of morpholine rings is 1. The summed E-state index contributed by atoms with van der Waals surface area (Å²) in [4.78, 5) is 26.4. The maximum Gasteiger partial charge on any atom is 0.227 e. The van der Waals surface area contributed by atoms with Gasteiger partial charge in [-0.3, -0.25) is 9.59 Å². The smallest absolute Gasteiger partial charge is 0.227 e. The van der Waals surface area contributed by atoms with E-state index < -0.39 is 17.1 Å². The second-order valence-corrected chi connectivity index (χ2v) is 6.28. The third-order valence-corrected chi connectivity index (χ3v) is 4.43. The van der Waals surface area contributed by atoms with Gasteiger partial charge in [0.2, 0.25) is 17.1 Å². The van der Waals surface area contributed by atoms with Crippen LogP contribution in [0, 0.1) is 6.92 Å². The van der Waals surface area contributed by atoms with Gasteiger partial charge in [-0.2, -0.15) is 0 Å². The fourth-order valence-corrected chi connectivity index (χ4v) is 3.05. The molecule has 0 aliphatic carbocycles. The Morgan fingerprint density at radius 2 is 1.85 bits per heavy atom. The van der Waals surface area contributed by atoms with Crippen molar-refractivity contribution in [1.82, 2.24) is 4.90 Å². The molecule has 7 nitrogen and oxygen atoms in total. The molecule has 1 atom stereocenters. The maximum absolute atomic E-state index is 12.7. The zero-order valence-electron chi connectivity index (χ0n) is 14.5. The summed E-state index contributed by atoms with van der Waals surface area (Å²) in [5.41, 5.74) is 0.111. The summed E-state index contributed by atoms with van der Waals surface area (Å²) in [6, 6.07) is 7.48. The quantitative estimate of drug-likeness (QED) is 0.862. The van der Waals surface area contributed by atoms with Gasteiger partial charge in [0.05, 0.1) is 19.1 Å². The lowest BCUT2D eigenvalue weighted by molar-refractivity contribution is -0.135. The summed E-state index contributed by atoms with van der Waals surface area (Å²) in [6.45, 7) is 3.60. The van der Waals surface area contributed by atoms with Crippen LogP contribution in [0.15, 0.2) is 39.5 Å². The summed E-state index contributed by atoms with van der Waals surface area (Å²) in [6.07, 6.45) is 0.0325. The second-order valence-electron chi connectivity index (χ2n) is 6.28. The van der Waals surface area contributed by atoms with E-state index in [1.54, 1.807) is 24.0 Å². The molecule has 2 N–H and O–H groups in total.